The maximum atomic E-state index is 14.3. The van der Waals surface area contributed by atoms with Crippen LogP contribution in [0.5, 0.6) is 23.0 Å². The summed E-state index contributed by atoms with van der Waals surface area (Å²) in [5.74, 6) is -1.12. The number of ether oxygens (including phenoxy) is 2. The Morgan fingerprint density at radius 2 is 1.75 bits per heavy atom. The first-order chi connectivity index (χ1) is 17.3. The fraction of sp³-hybridized carbons (Fsp3) is 0.310. The first kappa shape index (κ1) is 24.1. The lowest BCUT2D eigenvalue weighted by Gasteiger charge is -2.31. The zero-order chi connectivity index (χ0) is 25.4. The Balaban J connectivity index is 1.44. The van der Waals surface area contributed by atoms with Crippen molar-refractivity contribution < 1.29 is 28.5 Å². The average molecular weight is 494 g/mol. The molecule has 0 spiro atoms. The molecule has 2 atom stereocenters. The summed E-state index contributed by atoms with van der Waals surface area (Å²) in [5.41, 5.74) is 3.06. The predicted molar refractivity (Wildman–Crippen MR) is 134 cm³/mol. The number of fused-ring (bicyclic) bond motifs is 1. The zero-order valence-electron chi connectivity index (χ0n) is 20.3. The third-order valence-corrected chi connectivity index (χ3v) is 6.98. The molecule has 0 bridgehead atoms. The van der Waals surface area contributed by atoms with Crippen molar-refractivity contribution in [3.8, 4) is 23.0 Å². The fourth-order valence-corrected chi connectivity index (χ4v) is 5.03. The number of likely N-dealkylation sites (tertiary alicyclic amines) is 1. The van der Waals surface area contributed by atoms with Crippen molar-refractivity contribution in [3.63, 3.8) is 0 Å². The summed E-state index contributed by atoms with van der Waals surface area (Å²) in [7, 11) is 0. The fourth-order valence-electron chi connectivity index (χ4n) is 5.03. The van der Waals surface area contributed by atoms with Gasteiger partial charge in [-0.25, -0.2) is 8.78 Å². The van der Waals surface area contributed by atoms with Gasteiger partial charge in [-0.1, -0.05) is 19.1 Å². The lowest BCUT2D eigenvalue weighted by Crippen LogP contribution is -2.25. The molecule has 0 aromatic heterocycles. The molecule has 0 unspecified atom stereocenters. The number of hydrogen-bond acceptors (Lipinski definition) is 5. The Hall–Kier alpha value is -3.58. The summed E-state index contributed by atoms with van der Waals surface area (Å²) in [4.78, 5) is 2.40. The molecule has 3 aromatic rings. The maximum absolute atomic E-state index is 14.3. The number of phenols is 2. The van der Waals surface area contributed by atoms with Gasteiger partial charge in [0, 0.05) is 30.3 Å². The highest BCUT2D eigenvalue weighted by Gasteiger charge is 2.30. The average Bonchev–Trinajstić information content (AvgIpc) is 3.27. The summed E-state index contributed by atoms with van der Waals surface area (Å²) >= 11 is 0. The first-order valence-electron chi connectivity index (χ1n) is 12.1. The second kappa shape index (κ2) is 9.82. The molecule has 5 nitrogen and oxygen atoms in total. The van der Waals surface area contributed by atoms with Crippen molar-refractivity contribution in [1.29, 1.82) is 0 Å². The Morgan fingerprint density at radius 1 is 1.03 bits per heavy atom. The van der Waals surface area contributed by atoms with Gasteiger partial charge in [-0.15, -0.1) is 0 Å². The summed E-state index contributed by atoms with van der Waals surface area (Å²) in [6.45, 7) is 7.78. The monoisotopic (exact) mass is 493 g/mol. The first-order valence-corrected chi connectivity index (χ1v) is 12.1. The molecule has 0 aliphatic carbocycles. The molecule has 0 radical (unpaired) electrons. The van der Waals surface area contributed by atoms with Gasteiger partial charge in [-0.3, -0.25) is 4.90 Å². The Labute approximate surface area is 209 Å². The minimum atomic E-state index is -1.04. The molecule has 5 rings (SSSR count). The number of benzene rings is 3. The quantitative estimate of drug-likeness (QED) is 0.431. The van der Waals surface area contributed by atoms with E-state index < -0.39 is 23.5 Å². The van der Waals surface area contributed by atoms with Gasteiger partial charge in [0.25, 0.3) is 0 Å². The van der Waals surface area contributed by atoms with Crippen LogP contribution in [-0.4, -0.2) is 41.4 Å². The smallest absolute Gasteiger partial charge is 0.187 e. The van der Waals surface area contributed by atoms with Crippen LogP contribution in [-0.2, 0) is 0 Å². The van der Waals surface area contributed by atoms with Crippen LogP contribution in [0.25, 0.3) is 11.1 Å². The van der Waals surface area contributed by atoms with Crippen LogP contribution >= 0.6 is 0 Å². The number of phenolic OH excluding ortho intramolecular Hbond substituents is 2. The van der Waals surface area contributed by atoms with Crippen molar-refractivity contribution in [2.45, 2.75) is 26.4 Å². The second-order valence-corrected chi connectivity index (χ2v) is 9.62. The van der Waals surface area contributed by atoms with E-state index in [9.17, 15) is 19.0 Å². The van der Waals surface area contributed by atoms with Gasteiger partial charge in [-0.05, 0) is 78.9 Å². The molecule has 2 N–H and O–H groups in total. The van der Waals surface area contributed by atoms with Crippen molar-refractivity contribution in [2.75, 3.05) is 26.2 Å². The van der Waals surface area contributed by atoms with Gasteiger partial charge >= 0.3 is 0 Å². The Bertz CT molecular complexity index is 1280. The third-order valence-electron chi connectivity index (χ3n) is 6.98. The summed E-state index contributed by atoms with van der Waals surface area (Å²) < 4.78 is 40.8. The highest BCUT2D eigenvalue weighted by molar-refractivity contribution is 5.95. The van der Waals surface area contributed by atoms with Gasteiger partial charge in [0.05, 0.1) is 0 Å². The normalized spacial score (nSPS) is 19.8. The van der Waals surface area contributed by atoms with E-state index in [0.29, 0.717) is 23.5 Å². The number of nitrogens with zero attached hydrogens (tertiary/aromatic N) is 1. The molecule has 36 heavy (non-hydrogen) atoms. The molecule has 1 saturated heterocycles. The van der Waals surface area contributed by atoms with E-state index in [1.807, 2.05) is 31.2 Å². The Morgan fingerprint density at radius 3 is 2.42 bits per heavy atom. The van der Waals surface area contributed by atoms with Crippen LogP contribution in [0.15, 0.2) is 54.6 Å². The van der Waals surface area contributed by atoms with E-state index in [-0.39, 0.29) is 11.3 Å². The topological polar surface area (TPSA) is 62.2 Å². The van der Waals surface area contributed by atoms with Crippen LogP contribution < -0.4 is 9.47 Å². The standard InChI is InChI=1S/C29H29F2NO4/c1-17-9-10-32(16-17)11-12-35-22-6-3-19(4-7-22)29-27(20-13-24(30)28(34)25(31)14-20)18(2)23-8-5-21(33)15-26(23)36-29/h3-8,13-15,17,29,33-34H,9-12,16H2,1-2H3/t17-,29+/m1/s1. The minimum Gasteiger partial charge on any atom is -0.508 e. The number of allylic oxidation sites excluding steroid dienone is 1. The van der Waals surface area contributed by atoms with Crippen LogP contribution in [0.1, 0.15) is 43.1 Å². The Kier molecular flexibility index (Phi) is 6.58. The molecule has 2 aliphatic heterocycles. The molecular weight excluding hydrogens is 464 g/mol. The van der Waals surface area contributed by atoms with Gasteiger partial charge in [0.1, 0.15) is 30.0 Å². The molecule has 7 heteroatoms. The van der Waals surface area contributed by atoms with Gasteiger partial charge in [0.15, 0.2) is 17.4 Å². The van der Waals surface area contributed by atoms with Crippen molar-refractivity contribution in [1.82, 2.24) is 4.90 Å². The largest absolute Gasteiger partial charge is 0.508 e. The lowest BCUT2D eigenvalue weighted by molar-refractivity contribution is 0.233. The van der Waals surface area contributed by atoms with Crippen molar-refractivity contribution in [3.05, 3.63) is 82.9 Å². The lowest BCUT2D eigenvalue weighted by atomic mass is 9.86. The molecule has 0 saturated carbocycles. The highest BCUT2D eigenvalue weighted by Crippen LogP contribution is 2.48. The number of aromatic hydroxyl groups is 2. The van der Waals surface area contributed by atoms with Gasteiger partial charge < -0.3 is 19.7 Å². The molecular formula is C29H29F2NO4. The van der Waals surface area contributed by atoms with Crippen LogP contribution in [0, 0.1) is 17.6 Å². The van der Waals surface area contributed by atoms with E-state index in [0.717, 1.165) is 54.6 Å². The third kappa shape index (κ3) is 4.75. The van der Waals surface area contributed by atoms with Crippen LogP contribution in [0.3, 0.4) is 0 Å². The summed E-state index contributed by atoms with van der Waals surface area (Å²) in [5, 5.41) is 19.6. The molecule has 3 aromatic carbocycles. The molecule has 188 valence electrons. The summed E-state index contributed by atoms with van der Waals surface area (Å²) in [6, 6.07) is 14.4. The molecule has 0 amide bonds. The van der Waals surface area contributed by atoms with Crippen molar-refractivity contribution >= 4 is 11.1 Å². The molecule has 1 fully saturated rings. The van der Waals surface area contributed by atoms with E-state index in [4.69, 9.17) is 9.47 Å². The van der Waals surface area contributed by atoms with E-state index in [1.54, 1.807) is 6.07 Å². The van der Waals surface area contributed by atoms with Gasteiger partial charge in [0.2, 0.25) is 0 Å². The zero-order valence-corrected chi connectivity index (χ0v) is 20.3. The highest BCUT2D eigenvalue weighted by atomic mass is 19.1. The predicted octanol–water partition coefficient (Wildman–Crippen LogP) is 6.16. The van der Waals surface area contributed by atoms with E-state index in [1.165, 1.54) is 18.6 Å². The number of hydrogen-bond donors (Lipinski definition) is 2. The minimum absolute atomic E-state index is 0.0571. The van der Waals surface area contributed by atoms with E-state index >= 15 is 0 Å². The molecule has 2 aliphatic rings. The van der Waals surface area contributed by atoms with Crippen LogP contribution in [0.2, 0.25) is 0 Å². The second-order valence-electron chi connectivity index (χ2n) is 9.62. The SMILES string of the molecule is CC1=C(c2cc(F)c(O)c(F)c2)[C@H](c2ccc(OCCN3CC[C@@H](C)C3)cc2)Oc2cc(O)ccc21. The van der Waals surface area contributed by atoms with Crippen molar-refractivity contribution in [2.24, 2.45) is 5.92 Å². The number of rotatable bonds is 6. The van der Waals surface area contributed by atoms with Gasteiger partial charge in [-0.2, -0.15) is 0 Å². The summed E-state index contributed by atoms with van der Waals surface area (Å²) in [6.07, 6.45) is 0.531. The number of halogens is 2. The van der Waals surface area contributed by atoms with E-state index in [2.05, 4.69) is 11.8 Å². The van der Waals surface area contributed by atoms with Crippen LogP contribution in [0.4, 0.5) is 8.78 Å². The molecule has 2 heterocycles. The maximum Gasteiger partial charge on any atom is 0.187 e.